The summed E-state index contributed by atoms with van der Waals surface area (Å²) in [6.45, 7) is 1.60. The number of Topliss-reactive ketones (excluding diaryl/α,β-unsaturated/α-hetero) is 1. The molecule has 1 aromatic carbocycles. The first-order valence-corrected chi connectivity index (χ1v) is 5.60. The van der Waals surface area contributed by atoms with Crippen LogP contribution in [-0.2, 0) is 9.53 Å². The first-order valence-electron chi connectivity index (χ1n) is 5.60. The van der Waals surface area contributed by atoms with Crippen LogP contribution in [0.3, 0.4) is 0 Å². The second-order valence-electron chi connectivity index (χ2n) is 3.87. The number of benzene rings is 1. The molecule has 0 aromatic heterocycles. The van der Waals surface area contributed by atoms with Gasteiger partial charge < -0.3 is 4.74 Å². The lowest BCUT2D eigenvalue weighted by molar-refractivity contribution is -0.141. The van der Waals surface area contributed by atoms with Crippen LogP contribution in [0.1, 0.15) is 22.8 Å². The van der Waals surface area contributed by atoms with Crippen LogP contribution >= 0.6 is 0 Å². The van der Waals surface area contributed by atoms with Crippen molar-refractivity contribution in [3.05, 3.63) is 35.4 Å². The van der Waals surface area contributed by atoms with Crippen molar-refractivity contribution >= 4 is 17.5 Å². The molecule has 0 spiro atoms. The zero-order valence-electron chi connectivity index (χ0n) is 11.0. The SMILES string of the molecule is CN=C(C)C(C(=O)OC)C(=O)c1ccc(C#N)cc1. The molecule has 0 bridgehead atoms. The van der Waals surface area contributed by atoms with E-state index in [9.17, 15) is 9.59 Å². The molecular weight excluding hydrogens is 244 g/mol. The van der Waals surface area contributed by atoms with Crippen molar-refractivity contribution in [2.75, 3.05) is 14.2 Å². The normalized spacial score (nSPS) is 12.4. The van der Waals surface area contributed by atoms with Crippen LogP contribution in [0, 0.1) is 17.2 Å². The second-order valence-corrected chi connectivity index (χ2v) is 3.87. The summed E-state index contributed by atoms with van der Waals surface area (Å²) in [5.41, 5.74) is 1.19. The van der Waals surface area contributed by atoms with Gasteiger partial charge in [0.25, 0.3) is 0 Å². The summed E-state index contributed by atoms with van der Waals surface area (Å²) in [6.07, 6.45) is 0. The van der Waals surface area contributed by atoms with Gasteiger partial charge in [-0.05, 0) is 19.1 Å². The Labute approximate surface area is 111 Å². The quantitative estimate of drug-likeness (QED) is 0.356. The highest BCUT2D eigenvalue weighted by Gasteiger charge is 2.30. The van der Waals surface area contributed by atoms with Gasteiger partial charge in [0, 0.05) is 18.3 Å². The smallest absolute Gasteiger partial charge is 0.322 e. The molecule has 0 aliphatic rings. The average Bonchev–Trinajstić information content (AvgIpc) is 2.46. The lowest BCUT2D eigenvalue weighted by Crippen LogP contribution is -2.31. The zero-order chi connectivity index (χ0) is 14.4. The van der Waals surface area contributed by atoms with Gasteiger partial charge >= 0.3 is 5.97 Å². The third kappa shape index (κ3) is 3.26. The van der Waals surface area contributed by atoms with Crippen molar-refractivity contribution in [1.82, 2.24) is 0 Å². The summed E-state index contributed by atoms with van der Waals surface area (Å²) in [5.74, 6) is -2.07. The number of ether oxygens (including phenoxy) is 1. The van der Waals surface area contributed by atoms with Crippen LogP contribution in [0.4, 0.5) is 0 Å². The Bertz CT molecular complexity index is 553. The maximum atomic E-state index is 12.3. The minimum absolute atomic E-state index is 0.345. The fourth-order valence-electron chi connectivity index (χ4n) is 1.59. The number of hydrogen-bond acceptors (Lipinski definition) is 5. The number of carbonyl (C=O) groups is 2. The summed E-state index contributed by atoms with van der Waals surface area (Å²) in [6, 6.07) is 8.05. The van der Waals surface area contributed by atoms with E-state index in [1.807, 2.05) is 6.07 Å². The molecule has 1 aromatic rings. The molecule has 0 heterocycles. The zero-order valence-corrected chi connectivity index (χ0v) is 11.0. The van der Waals surface area contributed by atoms with E-state index in [0.29, 0.717) is 16.8 Å². The number of rotatable bonds is 4. The Hall–Kier alpha value is -2.48. The minimum Gasteiger partial charge on any atom is -0.468 e. The van der Waals surface area contributed by atoms with Crippen LogP contribution in [0.25, 0.3) is 0 Å². The summed E-state index contributed by atoms with van der Waals surface area (Å²) < 4.78 is 4.63. The molecule has 0 saturated carbocycles. The predicted molar refractivity (Wildman–Crippen MR) is 70.0 cm³/mol. The lowest BCUT2D eigenvalue weighted by Gasteiger charge is -2.13. The van der Waals surface area contributed by atoms with Crippen molar-refractivity contribution in [2.24, 2.45) is 10.9 Å². The molecule has 0 fully saturated rings. The summed E-state index contributed by atoms with van der Waals surface area (Å²) in [4.78, 5) is 27.8. The molecule has 5 nitrogen and oxygen atoms in total. The van der Waals surface area contributed by atoms with E-state index in [-0.39, 0.29) is 5.78 Å². The summed E-state index contributed by atoms with van der Waals surface area (Å²) >= 11 is 0. The lowest BCUT2D eigenvalue weighted by atomic mass is 9.93. The molecule has 0 aliphatic carbocycles. The third-order valence-electron chi connectivity index (χ3n) is 2.77. The second kappa shape index (κ2) is 6.45. The first kappa shape index (κ1) is 14.6. The third-order valence-corrected chi connectivity index (χ3v) is 2.77. The van der Waals surface area contributed by atoms with Gasteiger partial charge in [0.15, 0.2) is 11.7 Å². The van der Waals surface area contributed by atoms with Gasteiger partial charge in [-0.25, -0.2) is 0 Å². The molecule has 0 aliphatic heterocycles. The number of ketones is 1. The number of hydrogen-bond donors (Lipinski definition) is 0. The largest absolute Gasteiger partial charge is 0.468 e. The van der Waals surface area contributed by atoms with E-state index in [1.165, 1.54) is 38.4 Å². The first-order chi connectivity index (χ1) is 9.04. The summed E-state index contributed by atoms with van der Waals surface area (Å²) in [7, 11) is 2.74. The molecule has 0 N–H and O–H groups in total. The number of nitrogens with zero attached hydrogens (tertiary/aromatic N) is 2. The van der Waals surface area contributed by atoms with Crippen molar-refractivity contribution in [2.45, 2.75) is 6.92 Å². The topological polar surface area (TPSA) is 79.5 Å². The minimum atomic E-state index is -1.04. The molecular formula is C14H14N2O3. The van der Waals surface area contributed by atoms with Gasteiger partial charge in [0.05, 0.1) is 18.7 Å². The van der Waals surface area contributed by atoms with Crippen LogP contribution in [0.2, 0.25) is 0 Å². The average molecular weight is 258 g/mol. The van der Waals surface area contributed by atoms with Gasteiger partial charge in [0.1, 0.15) is 0 Å². The summed E-state index contributed by atoms with van der Waals surface area (Å²) in [5, 5.41) is 8.70. The fraction of sp³-hybridized carbons (Fsp3) is 0.286. The Morgan fingerprint density at radius 1 is 1.32 bits per heavy atom. The van der Waals surface area contributed by atoms with E-state index < -0.39 is 11.9 Å². The highest BCUT2D eigenvalue weighted by molar-refractivity contribution is 6.23. The van der Waals surface area contributed by atoms with Gasteiger partial charge in [-0.15, -0.1) is 0 Å². The highest BCUT2D eigenvalue weighted by Crippen LogP contribution is 2.14. The van der Waals surface area contributed by atoms with Crippen molar-refractivity contribution in [1.29, 1.82) is 5.26 Å². The van der Waals surface area contributed by atoms with E-state index in [0.717, 1.165) is 0 Å². The standard InChI is InChI=1S/C14H14N2O3/c1-9(16-2)12(14(18)19-3)13(17)11-6-4-10(8-15)5-7-11/h4-7,12H,1-3H3. The monoisotopic (exact) mass is 258 g/mol. The highest BCUT2D eigenvalue weighted by atomic mass is 16.5. The van der Waals surface area contributed by atoms with Crippen molar-refractivity contribution < 1.29 is 14.3 Å². The molecule has 0 radical (unpaired) electrons. The van der Waals surface area contributed by atoms with Gasteiger partial charge in [0.2, 0.25) is 0 Å². The number of carbonyl (C=O) groups excluding carboxylic acids is 2. The number of nitriles is 1. The molecule has 0 amide bonds. The van der Waals surface area contributed by atoms with Gasteiger partial charge in [-0.2, -0.15) is 5.26 Å². The number of methoxy groups -OCH3 is 1. The van der Waals surface area contributed by atoms with Crippen LogP contribution in [-0.4, -0.2) is 31.6 Å². The molecule has 1 atom stereocenters. The van der Waals surface area contributed by atoms with Crippen molar-refractivity contribution in [3.8, 4) is 6.07 Å². The molecule has 1 rings (SSSR count). The Morgan fingerprint density at radius 2 is 1.89 bits per heavy atom. The predicted octanol–water partition coefficient (Wildman–Crippen LogP) is 1.62. The van der Waals surface area contributed by atoms with E-state index in [4.69, 9.17) is 5.26 Å². The van der Waals surface area contributed by atoms with E-state index in [1.54, 1.807) is 6.92 Å². The van der Waals surface area contributed by atoms with Crippen LogP contribution < -0.4 is 0 Å². The molecule has 5 heteroatoms. The Kier molecular flexibility index (Phi) is 4.95. The van der Waals surface area contributed by atoms with E-state index >= 15 is 0 Å². The Balaban J connectivity index is 3.12. The van der Waals surface area contributed by atoms with Crippen LogP contribution in [0.5, 0.6) is 0 Å². The maximum Gasteiger partial charge on any atom is 0.322 e. The maximum absolute atomic E-state index is 12.3. The van der Waals surface area contributed by atoms with Gasteiger partial charge in [-0.3, -0.25) is 14.6 Å². The number of esters is 1. The Morgan fingerprint density at radius 3 is 2.32 bits per heavy atom. The molecule has 19 heavy (non-hydrogen) atoms. The van der Waals surface area contributed by atoms with Crippen LogP contribution in [0.15, 0.2) is 29.3 Å². The van der Waals surface area contributed by atoms with Crippen molar-refractivity contribution in [3.63, 3.8) is 0 Å². The number of aliphatic imine (C=N–C) groups is 1. The van der Waals surface area contributed by atoms with Gasteiger partial charge in [-0.1, -0.05) is 12.1 Å². The molecule has 0 saturated heterocycles. The van der Waals surface area contributed by atoms with E-state index in [2.05, 4.69) is 9.73 Å². The molecule has 98 valence electrons. The molecule has 1 unspecified atom stereocenters. The fourth-order valence-corrected chi connectivity index (χ4v) is 1.59.